The highest BCUT2D eigenvalue weighted by Crippen LogP contribution is 2.31. The third kappa shape index (κ3) is 2.59. The van der Waals surface area contributed by atoms with Crippen LogP contribution in [0.2, 0.25) is 0 Å². The van der Waals surface area contributed by atoms with Crippen molar-refractivity contribution in [3.63, 3.8) is 0 Å². The first-order chi connectivity index (χ1) is 9.13. The number of hydrogen-bond acceptors (Lipinski definition) is 6. The average Bonchev–Trinajstić information content (AvgIpc) is 2.43. The second-order valence-electron chi connectivity index (χ2n) is 3.79. The number of hydrogen-bond donors (Lipinski definition) is 1. The lowest BCUT2D eigenvalue weighted by molar-refractivity contribution is -0.383. The molecule has 0 saturated carbocycles. The molecular weight excluding hydrogens is 248 g/mol. The number of nitro groups is 1. The molecule has 7 nitrogen and oxygen atoms in total. The first kappa shape index (κ1) is 12.7. The molecule has 0 bridgehead atoms. The van der Waals surface area contributed by atoms with Crippen molar-refractivity contribution in [3.05, 3.63) is 40.6 Å². The maximum atomic E-state index is 10.9. The van der Waals surface area contributed by atoms with Crippen LogP contribution in [0.4, 0.5) is 5.69 Å². The van der Waals surface area contributed by atoms with Crippen LogP contribution in [0.25, 0.3) is 10.9 Å². The van der Waals surface area contributed by atoms with Crippen molar-refractivity contribution in [3.8, 4) is 11.8 Å². The number of nitrogens with zero attached hydrogens (tertiary/aromatic N) is 3. The van der Waals surface area contributed by atoms with Gasteiger partial charge < -0.3 is 10.5 Å². The van der Waals surface area contributed by atoms with E-state index in [1.807, 2.05) is 6.07 Å². The molecule has 1 aromatic carbocycles. The molecule has 0 radical (unpaired) electrons. The number of non-ortho nitro benzene ring substituents is 1. The van der Waals surface area contributed by atoms with E-state index in [9.17, 15) is 10.1 Å². The van der Waals surface area contributed by atoms with Gasteiger partial charge in [0.1, 0.15) is 18.4 Å². The van der Waals surface area contributed by atoms with E-state index in [4.69, 9.17) is 15.7 Å². The fraction of sp³-hybridized carbons (Fsp3) is 0.167. The summed E-state index contributed by atoms with van der Waals surface area (Å²) in [5.74, 6) is 0.416. The van der Waals surface area contributed by atoms with Crippen LogP contribution in [0.5, 0.6) is 5.75 Å². The molecule has 0 fully saturated rings. The Bertz CT molecular complexity index is 666. The monoisotopic (exact) mass is 258 g/mol. The van der Waals surface area contributed by atoms with Crippen molar-refractivity contribution < 1.29 is 9.66 Å². The highest BCUT2D eigenvalue weighted by molar-refractivity contribution is 5.91. The van der Waals surface area contributed by atoms with Gasteiger partial charge in [0.25, 0.3) is 5.69 Å². The van der Waals surface area contributed by atoms with Crippen molar-refractivity contribution in [2.24, 2.45) is 5.73 Å². The second kappa shape index (κ2) is 5.29. The molecule has 0 aliphatic rings. The van der Waals surface area contributed by atoms with Crippen molar-refractivity contribution in [2.45, 2.75) is 6.04 Å². The summed E-state index contributed by atoms with van der Waals surface area (Å²) < 4.78 is 5.40. The number of nitro benzene ring substituents is 1. The molecule has 19 heavy (non-hydrogen) atoms. The van der Waals surface area contributed by atoms with Crippen LogP contribution < -0.4 is 10.5 Å². The molecule has 2 aromatic rings. The molecular formula is C12H10N4O3. The Morgan fingerprint density at radius 2 is 2.32 bits per heavy atom. The standard InChI is InChI=1S/C12H10N4O3/c13-6-8(14)7-19-11-4-3-10(16(17)18)12-9(11)2-1-5-15-12/h1-5,8H,7,14H2. The van der Waals surface area contributed by atoms with Crippen LogP contribution >= 0.6 is 0 Å². The predicted octanol–water partition coefficient (Wildman–Crippen LogP) is 1.37. The summed E-state index contributed by atoms with van der Waals surface area (Å²) in [5, 5.41) is 20.0. The number of rotatable bonds is 4. The largest absolute Gasteiger partial charge is 0.490 e. The second-order valence-corrected chi connectivity index (χ2v) is 3.79. The zero-order valence-corrected chi connectivity index (χ0v) is 9.81. The van der Waals surface area contributed by atoms with E-state index in [1.165, 1.54) is 18.3 Å². The van der Waals surface area contributed by atoms with Crippen molar-refractivity contribution in [1.29, 1.82) is 5.26 Å². The summed E-state index contributed by atoms with van der Waals surface area (Å²) in [6.45, 7) is 0.0122. The van der Waals surface area contributed by atoms with Gasteiger partial charge in [0.05, 0.1) is 11.0 Å². The molecule has 7 heteroatoms. The third-order valence-electron chi connectivity index (χ3n) is 2.49. The fourth-order valence-corrected chi connectivity index (χ4v) is 1.62. The first-order valence-electron chi connectivity index (χ1n) is 5.43. The molecule has 1 unspecified atom stereocenters. The van der Waals surface area contributed by atoms with Crippen LogP contribution in [-0.4, -0.2) is 22.6 Å². The van der Waals surface area contributed by atoms with Crippen LogP contribution in [-0.2, 0) is 0 Å². The van der Waals surface area contributed by atoms with Gasteiger partial charge in [0, 0.05) is 17.6 Å². The summed E-state index contributed by atoms with van der Waals surface area (Å²) in [6.07, 6.45) is 1.47. The SMILES string of the molecule is N#CC(N)COc1ccc([N+](=O)[O-])c2ncccc12. The normalized spacial score (nSPS) is 11.8. The Labute approximate surface area is 108 Å². The molecule has 0 aliphatic carbocycles. The maximum absolute atomic E-state index is 10.9. The van der Waals surface area contributed by atoms with Gasteiger partial charge in [-0.2, -0.15) is 5.26 Å². The summed E-state index contributed by atoms with van der Waals surface area (Å²) in [4.78, 5) is 14.4. The first-order valence-corrected chi connectivity index (χ1v) is 5.43. The van der Waals surface area contributed by atoms with Crippen LogP contribution in [0, 0.1) is 21.4 Å². The zero-order valence-electron chi connectivity index (χ0n) is 9.81. The van der Waals surface area contributed by atoms with E-state index in [0.717, 1.165) is 0 Å². The summed E-state index contributed by atoms with van der Waals surface area (Å²) in [7, 11) is 0. The molecule has 1 heterocycles. The number of fused-ring (bicyclic) bond motifs is 1. The Hall–Kier alpha value is -2.72. The average molecular weight is 258 g/mol. The van der Waals surface area contributed by atoms with Crippen LogP contribution in [0.3, 0.4) is 0 Å². The molecule has 0 spiro atoms. The van der Waals surface area contributed by atoms with Crippen molar-refractivity contribution in [1.82, 2.24) is 4.98 Å². The minimum absolute atomic E-state index is 0.0122. The Kier molecular flexibility index (Phi) is 3.54. The molecule has 0 amide bonds. The molecule has 2 rings (SSSR count). The molecule has 1 aromatic heterocycles. The summed E-state index contributed by atoms with van der Waals surface area (Å²) >= 11 is 0. The lowest BCUT2D eigenvalue weighted by atomic mass is 10.1. The minimum Gasteiger partial charge on any atom is -0.490 e. The van der Waals surface area contributed by atoms with E-state index in [2.05, 4.69) is 4.98 Å². The van der Waals surface area contributed by atoms with Gasteiger partial charge in [-0.25, -0.2) is 4.98 Å². The van der Waals surface area contributed by atoms with E-state index in [-0.39, 0.29) is 17.8 Å². The quantitative estimate of drug-likeness (QED) is 0.654. The van der Waals surface area contributed by atoms with Gasteiger partial charge in [0.2, 0.25) is 0 Å². The minimum atomic E-state index is -0.748. The van der Waals surface area contributed by atoms with E-state index < -0.39 is 11.0 Å². The molecule has 0 saturated heterocycles. The van der Waals surface area contributed by atoms with Gasteiger partial charge in [0.15, 0.2) is 5.52 Å². The lowest BCUT2D eigenvalue weighted by Crippen LogP contribution is -2.25. The Morgan fingerprint density at radius 3 is 3.00 bits per heavy atom. The van der Waals surface area contributed by atoms with E-state index in [1.54, 1.807) is 12.1 Å². The van der Waals surface area contributed by atoms with Gasteiger partial charge in [-0.1, -0.05) is 0 Å². The van der Waals surface area contributed by atoms with Gasteiger partial charge in [-0.15, -0.1) is 0 Å². The fourth-order valence-electron chi connectivity index (χ4n) is 1.62. The Balaban J connectivity index is 2.44. The number of benzene rings is 1. The predicted molar refractivity (Wildman–Crippen MR) is 67.5 cm³/mol. The molecule has 2 N–H and O–H groups in total. The van der Waals surface area contributed by atoms with Gasteiger partial charge in [-0.3, -0.25) is 10.1 Å². The van der Waals surface area contributed by atoms with Crippen molar-refractivity contribution >= 4 is 16.6 Å². The maximum Gasteiger partial charge on any atom is 0.295 e. The Morgan fingerprint density at radius 1 is 1.53 bits per heavy atom. The van der Waals surface area contributed by atoms with Gasteiger partial charge in [-0.05, 0) is 18.2 Å². The molecule has 96 valence electrons. The van der Waals surface area contributed by atoms with Gasteiger partial charge >= 0.3 is 0 Å². The zero-order chi connectivity index (χ0) is 13.8. The molecule has 1 atom stereocenters. The number of aromatic nitrogens is 1. The lowest BCUT2D eigenvalue weighted by Gasteiger charge is -2.09. The van der Waals surface area contributed by atoms with Crippen LogP contribution in [0.1, 0.15) is 0 Å². The number of nitrogens with two attached hydrogens (primary N) is 1. The highest BCUT2D eigenvalue weighted by Gasteiger charge is 2.16. The van der Waals surface area contributed by atoms with Crippen molar-refractivity contribution in [2.75, 3.05) is 6.61 Å². The summed E-state index contributed by atoms with van der Waals surface area (Å²) in [6, 6.07) is 7.22. The number of ether oxygens (including phenoxy) is 1. The number of nitriles is 1. The van der Waals surface area contributed by atoms with E-state index >= 15 is 0 Å². The number of pyridine rings is 1. The highest BCUT2D eigenvalue weighted by atomic mass is 16.6. The smallest absolute Gasteiger partial charge is 0.295 e. The third-order valence-corrected chi connectivity index (χ3v) is 2.49. The van der Waals surface area contributed by atoms with E-state index in [0.29, 0.717) is 11.1 Å². The molecule has 0 aliphatic heterocycles. The topological polar surface area (TPSA) is 115 Å². The summed E-state index contributed by atoms with van der Waals surface area (Å²) in [5.41, 5.74) is 5.59. The van der Waals surface area contributed by atoms with Crippen LogP contribution in [0.15, 0.2) is 30.5 Å².